The van der Waals surface area contributed by atoms with Crippen molar-refractivity contribution >= 4 is 5.91 Å². The van der Waals surface area contributed by atoms with Crippen LogP contribution in [0.25, 0.3) is 0 Å². The van der Waals surface area contributed by atoms with Crippen molar-refractivity contribution in [2.45, 2.75) is 50.9 Å². The van der Waals surface area contributed by atoms with Crippen LogP contribution in [0, 0.1) is 6.92 Å². The molecule has 1 aromatic carbocycles. The standard InChI is InChI=1S/C20H21F3N2O2/c1-13-2-11-18(24-12-13)27-17-9-7-16(8-10-17)25-19(26)14-3-5-15(6-4-14)20(21,22)23/h2-6,11-12,16-17H,7-10H2,1H3,(H,25,26). The molecule has 0 spiro atoms. The average Bonchev–Trinajstić information content (AvgIpc) is 2.64. The second-order valence-electron chi connectivity index (χ2n) is 6.81. The number of rotatable bonds is 4. The second-order valence-corrected chi connectivity index (χ2v) is 6.81. The fourth-order valence-electron chi connectivity index (χ4n) is 3.10. The number of hydrogen-bond donors (Lipinski definition) is 1. The van der Waals surface area contributed by atoms with E-state index >= 15 is 0 Å². The third-order valence-electron chi connectivity index (χ3n) is 4.66. The Morgan fingerprint density at radius 1 is 1.07 bits per heavy atom. The van der Waals surface area contributed by atoms with Gasteiger partial charge in [0.1, 0.15) is 6.10 Å². The number of carbonyl (C=O) groups is 1. The lowest BCUT2D eigenvalue weighted by molar-refractivity contribution is -0.137. The Bertz CT molecular complexity index is 765. The van der Waals surface area contributed by atoms with E-state index in [4.69, 9.17) is 4.74 Å². The third-order valence-corrected chi connectivity index (χ3v) is 4.66. The van der Waals surface area contributed by atoms with Crippen LogP contribution in [0.15, 0.2) is 42.6 Å². The zero-order chi connectivity index (χ0) is 19.4. The van der Waals surface area contributed by atoms with Crippen LogP contribution in [0.4, 0.5) is 13.2 Å². The Kier molecular flexibility index (Phi) is 5.68. The molecule has 1 aromatic heterocycles. The Balaban J connectivity index is 1.48. The van der Waals surface area contributed by atoms with Crippen molar-refractivity contribution in [1.29, 1.82) is 0 Å². The van der Waals surface area contributed by atoms with Crippen molar-refractivity contribution < 1.29 is 22.7 Å². The molecule has 1 amide bonds. The van der Waals surface area contributed by atoms with Crippen LogP contribution in [0.3, 0.4) is 0 Å². The lowest BCUT2D eigenvalue weighted by atomic mass is 9.92. The quantitative estimate of drug-likeness (QED) is 0.851. The Morgan fingerprint density at radius 3 is 2.30 bits per heavy atom. The SMILES string of the molecule is Cc1ccc(OC2CCC(NC(=O)c3ccc(C(F)(F)F)cc3)CC2)nc1. The molecule has 1 fully saturated rings. The summed E-state index contributed by atoms with van der Waals surface area (Å²) in [5.41, 5.74) is 0.531. The van der Waals surface area contributed by atoms with Gasteiger partial charge in [-0.15, -0.1) is 0 Å². The molecule has 0 radical (unpaired) electrons. The lowest BCUT2D eigenvalue weighted by Gasteiger charge is -2.29. The fraction of sp³-hybridized carbons (Fsp3) is 0.400. The Hall–Kier alpha value is -2.57. The van der Waals surface area contributed by atoms with Gasteiger partial charge in [-0.3, -0.25) is 4.79 Å². The van der Waals surface area contributed by atoms with Gasteiger partial charge in [0, 0.05) is 23.9 Å². The molecule has 0 atom stereocenters. The smallest absolute Gasteiger partial charge is 0.416 e. The highest BCUT2D eigenvalue weighted by Crippen LogP contribution is 2.29. The van der Waals surface area contributed by atoms with Gasteiger partial charge in [-0.1, -0.05) is 6.07 Å². The van der Waals surface area contributed by atoms with Crippen molar-refractivity contribution in [2.24, 2.45) is 0 Å². The van der Waals surface area contributed by atoms with Gasteiger partial charge in [-0.05, 0) is 62.4 Å². The third kappa shape index (κ3) is 5.21. The van der Waals surface area contributed by atoms with E-state index in [1.165, 1.54) is 12.1 Å². The molecule has 0 unspecified atom stereocenters. The Morgan fingerprint density at radius 2 is 1.74 bits per heavy atom. The molecule has 2 aromatic rings. The van der Waals surface area contributed by atoms with Gasteiger partial charge < -0.3 is 10.1 Å². The van der Waals surface area contributed by atoms with Gasteiger partial charge in [-0.2, -0.15) is 13.2 Å². The average molecular weight is 378 g/mol. The van der Waals surface area contributed by atoms with Crippen LogP contribution in [0.2, 0.25) is 0 Å². The molecule has 0 aliphatic heterocycles. The first kappa shape index (κ1) is 19.2. The first-order valence-corrected chi connectivity index (χ1v) is 8.89. The number of carbonyl (C=O) groups excluding carboxylic acids is 1. The lowest BCUT2D eigenvalue weighted by Crippen LogP contribution is -2.39. The summed E-state index contributed by atoms with van der Waals surface area (Å²) in [6.45, 7) is 1.96. The molecule has 144 valence electrons. The highest BCUT2D eigenvalue weighted by molar-refractivity contribution is 5.94. The fourth-order valence-corrected chi connectivity index (χ4v) is 3.10. The molecule has 7 heteroatoms. The maximum atomic E-state index is 12.6. The largest absolute Gasteiger partial charge is 0.474 e. The van der Waals surface area contributed by atoms with Crippen LogP contribution < -0.4 is 10.1 Å². The van der Waals surface area contributed by atoms with Gasteiger partial charge in [0.05, 0.1) is 5.56 Å². The minimum Gasteiger partial charge on any atom is -0.474 e. The number of pyridine rings is 1. The van der Waals surface area contributed by atoms with Crippen molar-refractivity contribution in [3.8, 4) is 5.88 Å². The molecule has 4 nitrogen and oxygen atoms in total. The van der Waals surface area contributed by atoms with Crippen LogP contribution >= 0.6 is 0 Å². The molecule has 0 saturated heterocycles. The maximum absolute atomic E-state index is 12.6. The molecule has 1 N–H and O–H groups in total. The van der Waals surface area contributed by atoms with Gasteiger partial charge >= 0.3 is 6.18 Å². The predicted molar refractivity (Wildman–Crippen MR) is 94.6 cm³/mol. The number of nitrogens with zero attached hydrogens (tertiary/aromatic N) is 1. The maximum Gasteiger partial charge on any atom is 0.416 e. The summed E-state index contributed by atoms with van der Waals surface area (Å²) in [5.74, 6) is 0.242. The van der Waals surface area contributed by atoms with E-state index in [-0.39, 0.29) is 23.6 Å². The van der Waals surface area contributed by atoms with E-state index in [1.807, 2.05) is 19.1 Å². The molecule has 27 heavy (non-hydrogen) atoms. The van der Waals surface area contributed by atoms with Crippen LogP contribution in [-0.4, -0.2) is 23.0 Å². The summed E-state index contributed by atoms with van der Waals surface area (Å²) in [4.78, 5) is 16.5. The minimum atomic E-state index is -4.40. The van der Waals surface area contributed by atoms with E-state index in [9.17, 15) is 18.0 Å². The molecule has 0 bridgehead atoms. The zero-order valence-electron chi connectivity index (χ0n) is 14.9. The summed E-state index contributed by atoms with van der Waals surface area (Å²) in [5, 5.41) is 2.89. The second kappa shape index (κ2) is 7.98. The van der Waals surface area contributed by atoms with Crippen LogP contribution in [0.1, 0.15) is 47.2 Å². The van der Waals surface area contributed by atoms with Gasteiger partial charge in [0.15, 0.2) is 0 Å². The molecule has 1 saturated carbocycles. The summed E-state index contributed by atoms with van der Waals surface area (Å²) in [7, 11) is 0. The number of amides is 1. The van der Waals surface area contributed by atoms with Gasteiger partial charge in [-0.25, -0.2) is 4.98 Å². The summed E-state index contributed by atoms with van der Waals surface area (Å²) >= 11 is 0. The summed E-state index contributed by atoms with van der Waals surface area (Å²) in [6, 6.07) is 8.03. The van der Waals surface area contributed by atoms with Crippen LogP contribution in [0.5, 0.6) is 5.88 Å². The number of aryl methyl sites for hydroxylation is 1. The summed E-state index contributed by atoms with van der Waals surface area (Å²) in [6.07, 6.45) is 0.483. The number of hydrogen-bond acceptors (Lipinski definition) is 3. The van der Waals surface area contributed by atoms with Crippen molar-refractivity contribution in [3.63, 3.8) is 0 Å². The molecular weight excluding hydrogens is 357 g/mol. The number of aromatic nitrogens is 1. The van der Waals surface area contributed by atoms with E-state index in [0.717, 1.165) is 43.4 Å². The minimum absolute atomic E-state index is 0.00869. The summed E-state index contributed by atoms with van der Waals surface area (Å²) < 4.78 is 43.6. The van der Waals surface area contributed by atoms with E-state index in [0.29, 0.717) is 5.88 Å². The van der Waals surface area contributed by atoms with Crippen molar-refractivity contribution in [2.75, 3.05) is 0 Å². The van der Waals surface area contributed by atoms with Crippen molar-refractivity contribution in [3.05, 3.63) is 59.3 Å². The van der Waals surface area contributed by atoms with Crippen molar-refractivity contribution in [1.82, 2.24) is 10.3 Å². The van der Waals surface area contributed by atoms with E-state index < -0.39 is 11.7 Å². The van der Waals surface area contributed by atoms with E-state index in [2.05, 4.69) is 10.3 Å². The van der Waals surface area contributed by atoms with Gasteiger partial charge in [0.2, 0.25) is 5.88 Å². The molecule has 1 aliphatic rings. The molecule has 3 rings (SSSR count). The van der Waals surface area contributed by atoms with E-state index in [1.54, 1.807) is 6.20 Å². The first-order chi connectivity index (χ1) is 12.8. The highest BCUT2D eigenvalue weighted by atomic mass is 19.4. The first-order valence-electron chi connectivity index (χ1n) is 8.89. The normalized spacial score (nSPS) is 20.1. The monoisotopic (exact) mass is 378 g/mol. The number of halogens is 3. The van der Waals surface area contributed by atoms with Gasteiger partial charge in [0.25, 0.3) is 5.91 Å². The predicted octanol–water partition coefficient (Wildman–Crippen LogP) is 4.53. The zero-order valence-corrected chi connectivity index (χ0v) is 14.9. The topological polar surface area (TPSA) is 51.2 Å². The van der Waals surface area contributed by atoms with Crippen LogP contribution in [-0.2, 0) is 6.18 Å². The number of alkyl halides is 3. The Labute approximate surface area is 155 Å². The number of nitrogens with one attached hydrogen (secondary N) is 1. The number of benzene rings is 1. The molecular formula is C20H21F3N2O2. The highest BCUT2D eigenvalue weighted by Gasteiger charge is 2.30. The number of ether oxygens (including phenoxy) is 1. The molecule has 1 aliphatic carbocycles. The molecule has 1 heterocycles.